The summed E-state index contributed by atoms with van der Waals surface area (Å²) in [5.74, 6) is -3.29. The van der Waals surface area contributed by atoms with Crippen molar-refractivity contribution in [1.82, 2.24) is 14.7 Å². The molecule has 1 aliphatic heterocycles. The lowest BCUT2D eigenvalue weighted by atomic mass is 10.1. The van der Waals surface area contributed by atoms with E-state index in [9.17, 15) is 18.4 Å². The maximum atomic E-state index is 14.2. The molecule has 1 aromatic carbocycles. The number of anilines is 1. The summed E-state index contributed by atoms with van der Waals surface area (Å²) in [6.07, 6.45) is 6.55. The van der Waals surface area contributed by atoms with Crippen LogP contribution in [0.1, 0.15) is 33.6 Å². The number of aromatic nitrogens is 2. The standard InChI is InChI=1S/C20H18F2N4O3/c21-15-10-16(22)17(9-14(15)20(28)24-11-13-2-1-7-29-13)25-19(27)12-3-5-26-6-4-23-18(26)8-12/h3-6,8-10,13H,1-2,7,11H2,(H,24,28)(H,25,27). The van der Waals surface area contributed by atoms with Gasteiger partial charge in [0.1, 0.15) is 17.3 Å². The molecule has 2 N–H and O–H groups in total. The van der Waals surface area contributed by atoms with Gasteiger partial charge < -0.3 is 19.8 Å². The Balaban J connectivity index is 1.51. The molecule has 7 nitrogen and oxygen atoms in total. The van der Waals surface area contributed by atoms with Crippen LogP contribution in [0, 0.1) is 11.6 Å². The molecule has 0 bridgehead atoms. The summed E-state index contributed by atoms with van der Waals surface area (Å²) in [4.78, 5) is 28.9. The summed E-state index contributed by atoms with van der Waals surface area (Å²) < 4.78 is 35.4. The minimum absolute atomic E-state index is 0.112. The largest absolute Gasteiger partial charge is 0.376 e. The Labute approximate surface area is 164 Å². The van der Waals surface area contributed by atoms with Crippen molar-refractivity contribution in [3.8, 4) is 0 Å². The number of pyridine rings is 1. The Bertz CT molecular complexity index is 1080. The Hall–Kier alpha value is -3.33. The molecule has 1 unspecified atom stereocenters. The summed E-state index contributed by atoms with van der Waals surface area (Å²) in [5.41, 5.74) is 0.147. The van der Waals surface area contributed by atoms with Crippen molar-refractivity contribution < 1.29 is 23.1 Å². The molecule has 4 rings (SSSR count). The highest BCUT2D eigenvalue weighted by Gasteiger charge is 2.21. The highest BCUT2D eigenvalue weighted by Crippen LogP contribution is 2.21. The number of hydrogen-bond donors (Lipinski definition) is 2. The van der Waals surface area contributed by atoms with E-state index in [1.807, 2.05) is 0 Å². The molecule has 2 aromatic heterocycles. The molecular formula is C20H18F2N4O3. The number of nitrogens with one attached hydrogen (secondary N) is 2. The number of halogens is 2. The van der Waals surface area contributed by atoms with Gasteiger partial charge in [0.05, 0.1) is 17.4 Å². The number of fused-ring (bicyclic) bond motifs is 1. The summed E-state index contributed by atoms with van der Waals surface area (Å²) in [5, 5.41) is 4.96. The SMILES string of the molecule is O=C(Nc1cc(C(=O)NCC2CCCO2)c(F)cc1F)c1ccn2ccnc2c1. The smallest absolute Gasteiger partial charge is 0.255 e. The number of ether oxygens (including phenoxy) is 1. The molecule has 1 saturated heterocycles. The van der Waals surface area contributed by atoms with Crippen LogP contribution >= 0.6 is 0 Å². The van der Waals surface area contributed by atoms with E-state index in [2.05, 4.69) is 15.6 Å². The van der Waals surface area contributed by atoms with Crippen LogP contribution < -0.4 is 10.6 Å². The van der Waals surface area contributed by atoms with Gasteiger partial charge in [-0.3, -0.25) is 9.59 Å². The van der Waals surface area contributed by atoms with Gasteiger partial charge in [-0.25, -0.2) is 13.8 Å². The van der Waals surface area contributed by atoms with Crippen LogP contribution in [-0.4, -0.2) is 40.5 Å². The molecule has 2 amide bonds. The van der Waals surface area contributed by atoms with Crippen molar-refractivity contribution in [1.29, 1.82) is 0 Å². The Morgan fingerprint density at radius 3 is 2.83 bits per heavy atom. The lowest BCUT2D eigenvalue weighted by Gasteiger charge is -2.13. The van der Waals surface area contributed by atoms with E-state index in [4.69, 9.17) is 4.74 Å². The van der Waals surface area contributed by atoms with Gasteiger partial charge in [-0.15, -0.1) is 0 Å². The second kappa shape index (κ2) is 7.96. The first-order valence-corrected chi connectivity index (χ1v) is 9.14. The summed E-state index contributed by atoms with van der Waals surface area (Å²) >= 11 is 0. The number of benzene rings is 1. The topological polar surface area (TPSA) is 84.7 Å². The van der Waals surface area contributed by atoms with Gasteiger partial charge >= 0.3 is 0 Å². The van der Waals surface area contributed by atoms with Gasteiger partial charge in [-0.2, -0.15) is 0 Å². The third-order valence-corrected chi connectivity index (χ3v) is 4.72. The van der Waals surface area contributed by atoms with Crippen LogP contribution in [0.3, 0.4) is 0 Å². The molecule has 3 aromatic rings. The molecule has 1 aliphatic rings. The molecular weight excluding hydrogens is 382 g/mol. The summed E-state index contributed by atoms with van der Waals surface area (Å²) in [7, 11) is 0. The quantitative estimate of drug-likeness (QED) is 0.690. The number of amides is 2. The average molecular weight is 400 g/mol. The lowest BCUT2D eigenvalue weighted by molar-refractivity contribution is 0.0854. The van der Waals surface area contributed by atoms with Gasteiger partial charge in [0.25, 0.3) is 11.8 Å². The highest BCUT2D eigenvalue weighted by atomic mass is 19.1. The summed E-state index contributed by atoms with van der Waals surface area (Å²) in [6, 6.07) is 4.64. The number of rotatable bonds is 5. The van der Waals surface area contributed by atoms with Gasteiger partial charge in [0.15, 0.2) is 0 Å². The van der Waals surface area contributed by atoms with Crippen LogP contribution in [-0.2, 0) is 4.74 Å². The Morgan fingerprint density at radius 1 is 1.17 bits per heavy atom. The van der Waals surface area contributed by atoms with Crippen molar-refractivity contribution in [3.05, 3.63) is 65.6 Å². The van der Waals surface area contributed by atoms with Crippen LogP contribution in [0.25, 0.3) is 5.65 Å². The van der Waals surface area contributed by atoms with E-state index < -0.39 is 23.4 Å². The molecule has 1 fully saturated rings. The second-order valence-electron chi connectivity index (χ2n) is 6.72. The van der Waals surface area contributed by atoms with Gasteiger partial charge in [-0.05, 0) is 31.0 Å². The minimum atomic E-state index is -1.01. The maximum absolute atomic E-state index is 14.2. The van der Waals surface area contributed by atoms with Crippen molar-refractivity contribution >= 4 is 23.1 Å². The van der Waals surface area contributed by atoms with Gasteiger partial charge in [0, 0.05) is 43.4 Å². The number of imidazole rings is 1. The second-order valence-corrected chi connectivity index (χ2v) is 6.72. The lowest BCUT2D eigenvalue weighted by Crippen LogP contribution is -2.32. The Kier molecular flexibility index (Phi) is 5.22. The zero-order valence-corrected chi connectivity index (χ0v) is 15.3. The van der Waals surface area contributed by atoms with E-state index in [0.29, 0.717) is 18.3 Å². The first-order valence-electron chi connectivity index (χ1n) is 9.14. The Morgan fingerprint density at radius 2 is 2.03 bits per heavy atom. The number of nitrogens with zero attached hydrogens (tertiary/aromatic N) is 2. The molecule has 3 heterocycles. The predicted octanol–water partition coefficient (Wildman–Crippen LogP) is 2.77. The molecule has 150 valence electrons. The van der Waals surface area contributed by atoms with Crippen molar-refractivity contribution in [2.45, 2.75) is 18.9 Å². The monoisotopic (exact) mass is 400 g/mol. The van der Waals surface area contributed by atoms with Gasteiger partial charge in [-0.1, -0.05) is 0 Å². The third kappa shape index (κ3) is 4.09. The van der Waals surface area contributed by atoms with E-state index in [-0.39, 0.29) is 29.5 Å². The number of carbonyl (C=O) groups excluding carboxylic acids is 2. The van der Waals surface area contributed by atoms with Crippen LogP contribution in [0.2, 0.25) is 0 Å². The van der Waals surface area contributed by atoms with Gasteiger partial charge in [0.2, 0.25) is 0 Å². The molecule has 9 heteroatoms. The van der Waals surface area contributed by atoms with E-state index in [1.54, 1.807) is 29.1 Å². The van der Waals surface area contributed by atoms with E-state index >= 15 is 0 Å². The summed E-state index contributed by atoms with van der Waals surface area (Å²) in [6.45, 7) is 0.869. The molecule has 0 saturated carbocycles. The number of hydrogen-bond acceptors (Lipinski definition) is 4. The predicted molar refractivity (Wildman–Crippen MR) is 101 cm³/mol. The zero-order chi connectivity index (χ0) is 20.4. The maximum Gasteiger partial charge on any atom is 0.255 e. The fraction of sp³-hybridized carbons (Fsp3) is 0.250. The zero-order valence-electron chi connectivity index (χ0n) is 15.3. The molecule has 0 spiro atoms. The van der Waals surface area contributed by atoms with E-state index in [1.165, 1.54) is 6.07 Å². The number of carbonyl (C=O) groups is 2. The first kappa shape index (κ1) is 19.0. The van der Waals surface area contributed by atoms with Crippen molar-refractivity contribution in [2.75, 3.05) is 18.5 Å². The average Bonchev–Trinajstić information content (AvgIpc) is 3.39. The fourth-order valence-electron chi connectivity index (χ4n) is 3.17. The van der Waals surface area contributed by atoms with Crippen molar-refractivity contribution in [2.24, 2.45) is 0 Å². The molecule has 0 aliphatic carbocycles. The molecule has 1 atom stereocenters. The molecule has 0 radical (unpaired) electrons. The molecule has 29 heavy (non-hydrogen) atoms. The van der Waals surface area contributed by atoms with Crippen LogP contribution in [0.5, 0.6) is 0 Å². The minimum Gasteiger partial charge on any atom is -0.376 e. The fourth-order valence-corrected chi connectivity index (χ4v) is 3.17. The van der Waals surface area contributed by atoms with E-state index in [0.717, 1.165) is 18.9 Å². The highest BCUT2D eigenvalue weighted by molar-refractivity contribution is 6.05. The van der Waals surface area contributed by atoms with Crippen molar-refractivity contribution in [3.63, 3.8) is 0 Å². The van der Waals surface area contributed by atoms with Crippen LogP contribution in [0.4, 0.5) is 14.5 Å². The normalized spacial score (nSPS) is 16.1. The van der Waals surface area contributed by atoms with Crippen LogP contribution in [0.15, 0.2) is 42.9 Å². The third-order valence-electron chi connectivity index (χ3n) is 4.72. The first-order chi connectivity index (χ1) is 14.0.